The van der Waals surface area contributed by atoms with Crippen molar-refractivity contribution < 1.29 is 23.0 Å². The number of para-hydroxylation sites is 1. The topological polar surface area (TPSA) is 54.0 Å². The molecule has 2 aromatic carbocycles. The average Bonchev–Trinajstić information content (AvgIpc) is 2.70. The van der Waals surface area contributed by atoms with Crippen molar-refractivity contribution in [2.24, 2.45) is 0 Å². The number of amides is 2. The van der Waals surface area contributed by atoms with Gasteiger partial charge in [-0.05, 0) is 36.4 Å². The molecule has 3 rings (SSSR count). The first-order valence-electron chi connectivity index (χ1n) is 9.11. The monoisotopic (exact) mass is 391 g/mol. The summed E-state index contributed by atoms with van der Waals surface area (Å²) in [6.07, 6.45) is 0. The highest BCUT2D eigenvalue weighted by Crippen LogP contribution is 2.18. The summed E-state index contributed by atoms with van der Waals surface area (Å²) < 4.78 is 34.3. The second kappa shape index (κ2) is 9.89. The van der Waals surface area contributed by atoms with Gasteiger partial charge in [-0.1, -0.05) is 18.2 Å². The van der Waals surface area contributed by atoms with E-state index in [4.69, 9.17) is 4.74 Å². The number of carbonyl (C=O) groups is 1. The van der Waals surface area contributed by atoms with Gasteiger partial charge in [-0.2, -0.15) is 8.78 Å². The molecule has 0 aromatic heterocycles. The van der Waals surface area contributed by atoms with Crippen LogP contribution in [0.15, 0.2) is 54.6 Å². The maximum Gasteiger partial charge on any atom is 0.387 e. The molecule has 6 nitrogen and oxygen atoms in total. The third-order valence-electron chi connectivity index (χ3n) is 4.41. The van der Waals surface area contributed by atoms with Gasteiger partial charge < -0.3 is 19.7 Å². The van der Waals surface area contributed by atoms with E-state index >= 15 is 0 Å². The average molecular weight is 391 g/mol. The van der Waals surface area contributed by atoms with Crippen molar-refractivity contribution in [3.63, 3.8) is 0 Å². The molecule has 0 unspecified atom stereocenters. The van der Waals surface area contributed by atoms with Crippen LogP contribution in [0.25, 0.3) is 0 Å². The van der Waals surface area contributed by atoms with Gasteiger partial charge in [0.1, 0.15) is 18.1 Å². The molecule has 1 fully saturated rings. The van der Waals surface area contributed by atoms with E-state index < -0.39 is 6.61 Å². The second-order valence-electron chi connectivity index (χ2n) is 6.32. The number of rotatable bonds is 7. The lowest BCUT2D eigenvalue weighted by molar-refractivity contribution is -0.0498. The Bertz CT molecular complexity index is 736. The van der Waals surface area contributed by atoms with Crippen LogP contribution in [-0.2, 0) is 0 Å². The van der Waals surface area contributed by atoms with Gasteiger partial charge in [0.25, 0.3) is 0 Å². The Morgan fingerprint density at radius 1 is 0.964 bits per heavy atom. The maximum atomic E-state index is 12.4. The molecular formula is C20H23F2N3O3. The minimum Gasteiger partial charge on any atom is -0.492 e. The number of urea groups is 1. The molecule has 28 heavy (non-hydrogen) atoms. The second-order valence-corrected chi connectivity index (χ2v) is 6.32. The van der Waals surface area contributed by atoms with E-state index in [1.54, 1.807) is 4.90 Å². The number of carbonyl (C=O) groups excluding carboxylic acids is 1. The number of ether oxygens (including phenoxy) is 2. The van der Waals surface area contributed by atoms with Crippen molar-refractivity contribution in [1.82, 2.24) is 9.80 Å². The van der Waals surface area contributed by atoms with Crippen LogP contribution in [-0.4, -0.2) is 61.8 Å². The molecule has 1 saturated heterocycles. The molecule has 1 heterocycles. The van der Waals surface area contributed by atoms with Gasteiger partial charge >= 0.3 is 12.6 Å². The van der Waals surface area contributed by atoms with Crippen molar-refractivity contribution in [2.45, 2.75) is 6.61 Å². The molecule has 1 aliphatic heterocycles. The van der Waals surface area contributed by atoms with Crippen molar-refractivity contribution in [3.8, 4) is 11.5 Å². The normalized spacial score (nSPS) is 14.8. The van der Waals surface area contributed by atoms with Gasteiger partial charge in [0.15, 0.2) is 0 Å². The summed E-state index contributed by atoms with van der Waals surface area (Å²) in [5.41, 5.74) is 0.533. The van der Waals surface area contributed by atoms with Crippen LogP contribution in [0.5, 0.6) is 11.5 Å². The number of anilines is 1. The Morgan fingerprint density at radius 3 is 2.29 bits per heavy atom. The summed E-state index contributed by atoms with van der Waals surface area (Å²) in [5.74, 6) is 0.907. The zero-order valence-corrected chi connectivity index (χ0v) is 15.4. The Hall–Kier alpha value is -2.87. The van der Waals surface area contributed by atoms with Crippen molar-refractivity contribution in [3.05, 3.63) is 54.6 Å². The van der Waals surface area contributed by atoms with Crippen molar-refractivity contribution in [2.75, 3.05) is 44.6 Å². The van der Waals surface area contributed by atoms with E-state index in [9.17, 15) is 13.6 Å². The van der Waals surface area contributed by atoms with Crippen LogP contribution in [0.1, 0.15) is 0 Å². The zero-order valence-electron chi connectivity index (χ0n) is 15.4. The maximum absolute atomic E-state index is 12.4. The summed E-state index contributed by atoms with van der Waals surface area (Å²) in [5, 5.41) is 2.77. The van der Waals surface area contributed by atoms with Gasteiger partial charge in [0.2, 0.25) is 0 Å². The van der Waals surface area contributed by atoms with Gasteiger partial charge in [-0.25, -0.2) is 4.79 Å². The first-order valence-corrected chi connectivity index (χ1v) is 9.11. The van der Waals surface area contributed by atoms with E-state index in [1.165, 1.54) is 24.3 Å². The molecule has 0 aliphatic carbocycles. The lowest BCUT2D eigenvalue weighted by Gasteiger charge is -2.34. The summed E-state index contributed by atoms with van der Waals surface area (Å²) in [6.45, 7) is 1.31. The first kappa shape index (κ1) is 19.9. The molecule has 0 spiro atoms. The van der Waals surface area contributed by atoms with Crippen molar-refractivity contribution >= 4 is 11.7 Å². The molecule has 2 amide bonds. The SMILES string of the molecule is O=C(Nc1ccc(OC(F)F)cc1)N1CCN(CCOc2ccccc2)CC1. The van der Waals surface area contributed by atoms with Gasteiger partial charge in [-0.15, -0.1) is 0 Å². The molecule has 150 valence electrons. The predicted octanol–water partition coefficient (Wildman–Crippen LogP) is 3.52. The van der Waals surface area contributed by atoms with Crippen molar-refractivity contribution in [1.29, 1.82) is 0 Å². The Labute approximate surface area is 162 Å². The summed E-state index contributed by atoms with van der Waals surface area (Å²) in [6, 6.07) is 15.3. The standard InChI is InChI=1S/C20H23F2N3O3/c21-19(22)28-18-8-6-16(7-9-18)23-20(26)25-12-10-24(11-13-25)14-15-27-17-4-2-1-3-5-17/h1-9,19H,10-15H2,(H,23,26). The van der Waals surface area contributed by atoms with Gasteiger partial charge in [0, 0.05) is 38.4 Å². The number of hydrogen-bond acceptors (Lipinski definition) is 4. The quantitative estimate of drug-likeness (QED) is 0.785. The summed E-state index contributed by atoms with van der Waals surface area (Å²) in [4.78, 5) is 16.3. The molecule has 1 N–H and O–H groups in total. The molecular weight excluding hydrogens is 368 g/mol. The number of nitrogens with zero attached hydrogens (tertiary/aromatic N) is 2. The minimum atomic E-state index is -2.87. The lowest BCUT2D eigenvalue weighted by atomic mass is 10.3. The van der Waals surface area contributed by atoms with E-state index in [0.717, 1.165) is 25.4 Å². The van der Waals surface area contributed by atoms with E-state index in [2.05, 4.69) is 15.0 Å². The Balaban J connectivity index is 1.37. The number of piperazine rings is 1. The largest absolute Gasteiger partial charge is 0.492 e. The number of hydrogen-bond donors (Lipinski definition) is 1. The van der Waals surface area contributed by atoms with Crippen LogP contribution in [0.3, 0.4) is 0 Å². The van der Waals surface area contributed by atoms with E-state index in [-0.39, 0.29) is 11.8 Å². The molecule has 2 aromatic rings. The highest BCUT2D eigenvalue weighted by atomic mass is 19.3. The Morgan fingerprint density at radius 2 is 1.64 bits per heavy atom. The molecule has 1 aliphatic rings. The van der Waals surface area contributed by atoms with Crippen LogP contribution < -0.4 is 14.8 Å². The number of halogens is 2. The number of benzene rings is 2. The summed E-state index contributed by atoms with van der Waals surface area (Å²) in [7, 11) is 0. The van der Waals surface area contributed by atoms with Crippen LogP contribution in [0.4, 0.5) is 19.3 Å². The first-order chi connectivity index (χ1) is 13.6. The van der Waals surface area contributed by atoms with Gasteiger partial charge in [0.05, 0.1) is 0 Å². The highest BCUT2D eigenvalue weighted by Gasteiger charge is 2.21. The highest BCUT2D eigenvalue weighted by molar-refractivity contribution is 5.89. The molecule has 0 radical (unpaired) electrons. The smallest absolute Gasteiger partial charge is 0.387 e. The molecule has 0 atom stereocenters. The molecule has 0 saturated carbocycles. The van der Waals surface area contributed by atoms with Crippen LogP contribution in [0.2, 0.25) is 0 Å². The summed E-state index contributed by atoms with van der Waals surface area (Å²) >= 11 is 0. The third-order valence-corrected chi connectivity index (χ3v) is 4.41. The van der Waals surface area contributed by atoms with Gasteiger partial charge in [-0.3, -0.25) is 4.90 Å². The van der Waals surface area contributed by atoms with Crippen LogP contribution in [0, 0.1) is 0 Å². The fraction of sp³-hybridized carbons (Fsp3) is 0.350. The molecule has 0 bridgehead atoms. The van der Waals surface area contributed by atoms with E-state index in [1.807, 2.05) is 30.3 Å². The Kier molecular flexibility index (Phi) is 7.02. The minimum absolute atomic E-state index is 0.0549. The number of nitrogens with one attached hydrogen (secondary N) is 1. The molecule has 8 heteroatoms. The number of alkyl halides is 2. The fourth-order valence-electron chi connectivity index (χ4n) is 2.91. The lowest BCUT2D eigenvalue weighted by Crippen LogP contribution is -2.50. The third kappa shape index (κ3) is 6.09. The van der Waals surface area contributed by atoms with E-state index in [0.29, 0.717) is 25.4 Å². The fourth-order valence-corrected chi connectivity index (χ4v) is 2.91. The predicted molar refractivity (Wildman–Crippen MR) is 102 cm³/mol. The van der Waals surface area contributed by atoms with Crippen LogP contribution >= 0.6 is 0 Å². The zero-order chi connectivity index (χ0) is 19.8.